The van der Waals surface area contributed by atoms with Gasteiger partial charge in [-0.05, 0) is 65.0 Å². The molecule has 0 spiro atoms. The minimum Gasteiger partial charge on any atom is -0.462 e. The van der Waals surface area contributed by atoms with Crippen LogP contribution in [0.1, 0.15) is 63.7 Å². The average Bonchev–Trinajstić information content (AvgIpc) is 2.74. The van der Waals surface area contributed by atoms with Crippen molar-refractivity contribution < 1.29 is 33.0 Å². The second kappa shape index (κ2) is 11.7. The van der Waals surface area contributed by atoms with Crippen molar-refractivity contribution in [2.45, 2.75) is 65.1 Å². The zero-order chi connectivity index (χ0) is 25.6. The van der Waals surface area contributed by atoms with Gasteiger partial charge in [0.1, 0.15) is 5.60 Å². The van der Waals surface area contributed by atoms with Crippen LogP contribution in [0.4, 0.5) is 20.6 Å². The largest absolute Gasteiger partial charge is 0.462 e. The van der Waals surface area contributed by atoms with Crippen LogP contribution in [0, 0.1) is 11.7 Å². The van der Waals surface area contributed by atoms with Gasteiger partial charge in [0.2, 0.25) is 5.91 Å². The fourth-order valence-electron chi connectivity index (χ4n) is 3.99. The molecule has 0 radical (unpaired) electrons. The normalized spacial score (nSPS) is 18.4. The minimum absolute atomic E-state index is 0.0409. The fraction of sp³-hybridized carbons (Fsp3) is 0.640. The maximum absolute atomic E-state index is 15.2. The zero-order valence-electron chi connectivity index (χ0n) is 20.9. The van der Waals surface area contributed by atoms with Crippen molar-refractivity contribution >= 4 is 29.3 Å². The lowest BCUT2D eigenvalue weighted by Crippen LogP contribution is -2.42. The molecule has 9 nitrogen and oxygen atoms in total. The first-order valence-corrected chi connectivity index (χ1v) is 12.2. The van der Waals surface area contributed by atoms with Crippen LogP contribution in [0.3, 0.4) is 0 Å². The van der Waals surface area contributed by atoms with Gasteiger partial charge < -0.3 is 29.7 Å². The van der Waals surface area contributed by atoms with Crippen LogP contribution in [-0.2, 0) is 19.0 Å². The van der Waals surface area contributed by atoms with Gasteiger partial charge in [-0.1, -0.05) is 0 Å². The van der Waals surface area contributed by atoms with Crippen LogP contribution in [0.5, 0.6) is 0 Å². The smallest absolute Gasteiger partial charge is 0.410 e. The highest BCUT2D eigenvalue weighted by molar-refractivity contribution is 5.97. The molecule has 194 valence electrons. The second-order valence-electron chi connectivity index (χ2n) is 9.90. The van der Waals surface area contributed by atoms with Gasteiger partial charge >= 0.3 is 12.1 Å². The molecule has 2 amide bonds. The number of carbonyl (C=O) groups is 3. The van der Waals surface area contributed by atoms with Crippen molar-refractivity contribution in [3.8, 4) is 0 Å². The molecule has 0 aliphatic carbocycles. The van der Waals surface area contributed by atoms with Gasteiger partial charge in [-0.3, -0.25) is 4.79 Å². The molecule has 2 aliphatic rings. The van der Waals surface area contributed by atoms with Crippen molar-refractivity contribution in [1.29, 1.82) is 0 Å². The molecule has 2 aliphatic heterocycles. The van der Waals surface area contributed by atoms with Crippen molar-refractivity contribution in [2.75, 3.05) is 43.5 Å². The van der Waals surface area contributed by atoms with E-state index in [-0.39, 0.29) is 54.0 Å². The maximum atomic E-state index is 15.2. The molecule has 1 aromatic rings. The first-order valence-electron chi connectivity index (χ1n) is 12.2. The third-order valence-corrected chi connectivity index (χ3v) is 5.95. The summed E-state index contributed by atoms with van der Waals surface area (Å²) in [7, 11) is 0. The van der Waals surface area contributed by atoms with Crippen LogP contribution in [0.2, 0.25) is 0 Å². The summed E-state index contributed by atoms with van der Waals surface area (Å²) in [6.07, 6.45) is 2.06. The van der Waals surface area contributed by atoms with Crippen molar-refractivity contribution in [2.24, 2.45) is 5.92 Å². The minimum atomic E-state index is -0.772. The molecule has 0 unspecified atom stereocenters. The third-order valence-electron chi connectivity index (χ3n) is 5.95. The van der Waals surface area contributed by atoms with Crippen molar-refractivity contribution in [1.82, 2.24) is 4.90 Å². The van der Waals surface area contributed by atoms with E-state index in [1.54, 1.807) is 11.8 Å². The molecule has 2 N–H and O–H groups in total. The molecule has 35 heavy (non-hydrogen) atoms. The molecule has 0 bridgehead atoms. The number of ether oxygens (including phenoxy) is 3. The zero-order valence-corrected chi connectivity index (χ0v) is 20.9. The summed E-state index contributed by atoms with van der Waals surface area (Å²) in [5, 5.41) is 5.77. The molecule has 0 aromatic heterocycles. The van der Waals surface area contributed by atoms with E-state index < -0.39 is 17.4 Å². The number of rotatable bonds is 8. The lowest BCUT2D eigenvalue weighted by atomic mass is 9.93. The number of hydrogen-bond acceptors (Lipinski definition) is 7. The summed E-state index contributed by atoms with van der Waals surface area (Å²) in [6, 6.07) is 2.82. The summed E-state index contributed by atoms with van der Waals surface area (Å²) in [5.74, 6) is -1.70. The van der Waals surface area contributed by atoms with Gasteiger partial charge in [-0.25, -0.2) is 14.0 Å². The molecule has 1 aromatic carbocycles. The lowest BCUT2D eigenvalue weighted by Gasteiger charge is -2.33. The Morgan fingerprint density at radius 3 is 2.43 bits per heavy atom. The van der Waals surface area contributed by atoms with Gasteiger partial charge in [-0.15, -0.1) is 0 Å². The second-order valence-corrected chi connectivity index (χ2v) is 9.90. The molecule has 2 saturated heterocycles. The van der Waals surface area contributed by atoms with Crippen molar-refractivity contribution in [3.05, 3.63) is 23.5 Å². The molecule has 2 fully saturated rings. The number of anilines is 2. The molecule has 2 heterocycles. The van der Waals surface area contributed by atoms with E-state index in [1.165, 1.54) is 12.1 Å². The Kier molecular flexibility index (Phi) is 8.93. The Balaban J connectivity index is 1.61. The highest BCUT2D eigenvalue weighted by Crippen LogP contribution is 2.30. The van der Waals surface area contributed by atoms with E-state index in [1.807, 2.05) is 20.8 Å². The van der Waals surface area contributed by atoms with Gasteiger partial charge in [-0.2, -0.15) is 0 Å². The standard InChI is InChI=1S/C25H36FN3O6/c1-5-33-23(31)18-6-7-19(22(21(18)26)27-15-17-10-13-34-17)28-20(30)14-16-8-11-29(12-9-16)24(32)35-25(2,3)4/h6-7,16-17,27H,5,8-15H2,1-4H3,(H,28,30)/t17-/m0/s1. The van der Waals surface area contributed by atoms with E-state index >= 15 is 4.39 Å². The Labute approximate surface area is 205 Å². The molecule has 3 rings (SSSR count). The number of amides is 2. The summed E-state index contributed by atoms with van der Waals surface area (Å²) in [6.45, 7) is 9.31. The Morgan fingerprint density at radius 2 is 1.86 bits per heavy atom. The highest BCUT2D eigenvalue weighted by Gasteiger charge is 2.28. The summed E-state index contributed by atoms with van der Waals surface area (Å²) < 4.78 is 31.0. The summed E-state index contributed by atoms with van der Waals surface area (Å²) >= 11 is 0. The van der Waals surface area contributed by atoms with Gasteiger partial charge in [0, 0.05) is 32.7 Å². The van der Waals surface area contributed by atoms with Gasteiger partial charge in [0.05, 0.1) is 29.6 Å². The maximum Gasteiger partial charge on any atom is 0.410 e. The number of nitrogens with zero attached hydrogens (tertiary/aromatic N) is 1. The number of benzene rings is 1. The Bertz CT molecular complexity index is 921. The van der Waals surface area contributed by atoms with Gasteiger partial charge in [0.15, 0.2) is 5.82 Å². The monoisotopic (exact) mass is 493 g/mol. The van der Waals surface area contributed by atoms with E-state index in [9.17, 15) is 14.4 Å². The highest BCUT2D eigenvalue weighted by atomic mass is 19.1. The Hall–Kier alpha value is -2.88. The van der Waals surface area contributed by atoms with Crippen LogP contribution < -0.4 is 10.6 Å². The van der Waals surface area contributed by atoms with Crippen molar-refractivity contribution in [3.63, 3.8) is 0 Å². The molecule has 0 saturated carbocycles. The molecule has 1 atom stereocenters. The van der Waals surface area contributed by atoms with E-state index in [2.05, 4.69) is 10.6 Å². The van der Waals surface area contributed by atoms with E-state index in [0.29, 0.717) is 39.1 Å². The number of likely N-dealkylation sites (tertiary alicyclic amines) is 1. The predicted molar refractivity (Wildman–Crippen MR) is 129 cm³/mol. The van der Waals surface area contributed by atoms with Crippen LogP contribution in [0.25, 0.3) is 0 Å². The number of halogens is 1. The first kappa shape index (κ1) is 26.7. The summed E-state index contributed by atoms with van der Waals surface area (Å²) in [5.41, 5.74) is -0.454. The number of carbonyl (C=O) groups excluding carboxylic acids is 3. The number of nitrogens with one attached hydrogen (secondary N) is 2. The molecular weight excluding hydrogens is 457 g/mol. The van der Waals surface area contributed by atoms with Crippen LogP contribution in [0.15, 0.2) is 12.1 Å². The molecular formula is C25H36FN3O6. The molecule has 10 heteroatoms. The number of piperidine rings is 1. The first-order chi connectivity index (χ1) is 16.6. The lowest BCUT2D eigenvalue weighted by molar-refractivity contribution is -0.117. The van der Waals surface area contributed by atoms with Gasteiger partial charge in [0.25, 0.3) is 0 Å². The fourth-order valence-corrected chi connectivity index (χ4v) is 3.99. The topological polar surface area (TPSA) is 106 Å². The number of hydrogen-bond donors (Lipinski definition) is 2. The quantitative estimate of drug-likeness (QED) is 0.523. The van der Waals surface area contributed by atoms with Crippen LogP contribution >= 0.6 is 0 Å². The SMILES string of the molecule is CCOC(=O)c1ccc(NC(=O)CC2CCN(C(=O)OC(C)(C)C)CC2)c(NC[C@@H]2CCO2)c1F. The summed E-state index contributed by atoms with van der Waals surface area (Å²) in [4.78, 5) is 38.8. The third kappa shape index (κ3) is 7.55. The Morgan fingerprint density at radius 1 is 1.17 bits per heavy atom. The average molecular weight is 494 g/mol. The number of esters is 1. The van der Waals surface area contributed by atoms with E-state index in [4.69, 9.17) is 14.2 Å². The van der Waals surface area contributed by atoms with Crippen LogP contribution in [-0.4, -0.2) is 67.4 Å². The predicted octanol–water partition coefficient (Wildman–Crippen LogP) is 4.18. The van der Waals surface area contributed by atoms with E-state index in [0.717, 1.165) is 6.42 Å².